The fourth-order valence-electron chi connectivity index (χ4n) is 3.08. The van der Waals surface area contributed by atoms with Crippen LogP contribution < -0.4 is 5.69 Å². The molecule has 0 bridgehead atoms. The molecule has 4 aromatic rings. The quantitative estimate of drug-likeness (QED) is 0.462. The molecule has 0 amide bonds. The van der Waals surface area contributed by atoms with Crippen LogP contribution in [0.15, 0.2) is 89.7 Å². The van der Waals surface area contributed by atoms with Gasteiger partial charge in [-0.25, -0.2) is 14.4 Å². The van der Waals surface area contributed by atoms with Gasteiger partial charge in [0.25, 0.3) is 0 Å². The molecule has 0 aliphatic rings. The van der Waals surface area contributed by atoms with Gasteiger partial charge in [0.15, 0.2) is 13.5 Å². The summed E-state index contributed by atoms with van der Waals surface area (Å²) >= 11 is 0. The number of nitrogens with zero attached hydrogens (tertiary/aromatic N) is 2. The number of ether oxygens (including phenoxy) is 2. The predicted octanol–water partition coefficient (Wildman–Crippen LogP) is 3.43. The van der Waals surface area contributed by atoms with Crippen molar-refractivity contribution in [3.8, 4) is 0 Å². The lowest BCUT2D eigenvalue weighted by Gasteiger charge is -2.06. The summed E-state index contributed by atoms with van der Waals surface area (Å²) in [5, 5.41) is 0. The van der Waals surface area contributed by atoms with Crippen LogP contribution in [-0.4, -0.2) is 21.1 Å². The first-order valence-corrected chi connectivity index (χ1v) is 9.27. The summed E-state index contributed by atoms with van der Waals surface area (Å²) in [5.74, 6) is -1.07. The van der Waals surface area contributed by atoms with E-state index in [1.807, 2.05) is 0 Å². The van der Waals surface area contributed by atoms with Crippen LogP contribution in [0.25, 0.3) is 11.0 Å². The van der Waals surface area contributed by atoms with Crippen LogP contribution >= 0.6 is 0 Å². The van der Waals surface area contributed by atoms with Crippen molar-refractivity contribution in [2.45, 2.75) is 13.5 Å². The molecular weight excluding hydrogens is 384 g/mol. The highest BCUT2D eigenvalue weighted by Gasteiger charge is 2.16. The molecule has 0 aliphatic carbocycles. The summed E-state index contributed by atoms with van der Waals surface area (Å²) in [5.41, 5.74) is 1.48. The Bertz CT molecular complexity index is 1150. The summed E-state index contributed by atoms with van der Waals surface area (Å²) in [7, 11) is 0. The van der Waals surface area contributed by atoms with E-state index in [1.54, 1.807) is 84.9 Å². The Morgan fingerprint density at radius 1 is 0.600 bits per heavy atom. The molecule has 0 spiro atoms. The molecule has 0 atom stereocenters. The molecule has 0 saturated carbocycles. The summed E-state index contributed by atoms with van der Waals surface area (Å²) in [6.07, 6.45) is 0. The Balaban J connectivity index is 1.56. The molecule has 1 heterocycles. The zero-order valence-electron chi connectivity index (χ0n) is 15.9. The molecule has 7 nitrogen and oxygen atoms in total. The number of carbonyl (C=O) groups is 2. The van der Waals surface area contributed by atoms with Gasteiger partial charge in [0.05, 0.1) is 22.2 Å². The summed E-state index contributed by atoms with van der Waals surface area (Å²) in [4.78, 5) is 37.4. The third-order valence-electron chi connectivity index (χ3n) is 4.59. The van der Waals surface area contributed by atoms with Gasteiger partial charge in [-0.1, -0.05) is 48.5 Å². The second-order valence-corrected chi connectivity index (χ2v) is 6.48. The molecule has 0 radical (unpaired) electrons. The molecular formula is C23H18N2O5. The number of fused-ring (bicyclic) bond motifs is 1. The first kappa shape index (κ1) is 19.2. The van der Waals surface area contributed by atoms with Gasteiger partial charge in [-0.15, -0.1) is 0 Å². The summed E-state index contributed by atoms with van der Waals surface area (Å²) < 4.78 is 13.3. The molecule has 150 valence electrons. The Morgan fingerprint density at radius 2 is 0.967 bits per heavy atom. The Hall–Kier alpha value is -4.13. The molecule has 0 fully saturated rings. The highest BCUT2D eigenvalue weighted by Crippen LogP contribution is 2.14. The second kappa shape index (κ2) is 8.48. The zero-order chi connectivity index (χ0) is 20.9. The van der Waals surface area contributed by atoms with Crippen LogP contribution in [0.3, 0.4) is 0 Å². The highest BCUT2D eigenvalue weighted by atomic mass is 16.5. The largest absolute Gasteiger partial charge is 0.440 e. The van der Waals surface area contributed by atoms with Crippen LogP contribution in [0, 0.1) is 0 Å². The number of esters is 2. The van der Waals surface area contributed by atoms with Crippen molar-refractivity contribution >= 4 is 23.0 Å². The van der Waals surface area contributed by atoms with Crippen LogP contribution in [-0.2, 0) is 22.9 Å². The third kappa shape index (κ3) is 3.86. The maximum atomic E-state index is 12.9. The normalized spacial score (nSPS) is 10.7. The number of imidazole rings is 1. The monoisotopic (exact) mass is 402 g/mol. The lowest BCUT2D eigenvalue weighted by atomic mass is 10.2. The minimum atomic E-state index is -0.533. The van der Waals surface area contributed by atoms with E-state index in [9.17, 15) is 14.4 Å². The highest BCUT2D eigenvalue weighted by molar-refractivity contribution is 5.89. The molecule has 0 aliphatic heterocycles. The van der Waals surface area contributed by atoms with E-state index in [2.05, 4.69) is 0 Å². The van der Waals surface area contributed by atoms with Crippen molar-refractivity contribution < 1.29 is 19.1 Å². The van der Waals surface area contributed by atoms with Gasteiger partial charge in [0.2, 0.25) is 0 Å². The number of hydrogen-bond donors (Lipinski definition) is 0. The average molecular weight is 402 g/mol. The van der Waals surface area contributed by atoms with Crippen LogP contribution in [0.2, 0.25) is 0 Å². The van der Waals surface area contributed by atoms with E-state index in [1.165, 1.54) is 9.13 Å². The first-order chi connectivity index (χ1) is 14.6. The minimum Gasteiger partial charge on any atom is -0.440 e. The molecule has 4 rings (SSSR count). The molecule has 30 heavy (non-hydrogen) atoms. The Kier molecular flexibility index (Phi) is 5.43. The Morgan fingerprint density at radius 3 is 1.37 bits per heavy atom. The number of para-hydroxylation sites is 2. The maximum absolute atomic E-state index is 12.9. The zero-order valence-corrected chi connectivity index (χ0v) is 15.9. The van der Waals surface area contributed by atoms with Gasteiger partial charge in [0, 0.05) is 0 Å². The van der Waals surface area contributed by atoms with E-state index in [4.69, 9.17) is 9.47 Å². The van der Waals surface area contributed by atoms with Gasteiger partial charge in [-0.2, -0.15) is 0 Å². The standard InChI is InChI=1S/C23H18N2O5/c26-21(17-9-3-1-4-10-17)29-15-24-19-13-7-8-14-20(19)25(23(24)28)16-30-22(27)18-11-5-2-6-12-18/h1-14H,15-16H2. The SMILES string of the molecule is O=C(OCn1c(=O)n(COC(=O)c2ccccc2)c2ccccc21)c1ccccc1. The molecule has 0 unspecified atom stereocenters. The summed E-state index contributed by atoms with van der Waals surface area (Å²) in [6.45, 7) is -0.514. The summed E-state index contributed by atoms with van der Waals surface area (Å²) in [6, 6.07) is 24.1. The van der Waals surface area contributed by atoms with Crippen molar-refractivity contribution in [2.75, 3.05) is 0 Å². The number of rotatable bonds is 6. The maximum Gasteiger partial charge on any atom is 0.339 e. The van der Waals surface area contributed by atoms with Crippen molar-refractivity contribution in [2.24, 2.45) is 0 Å². The number of carbonyl (C=O) groups excluding carboxylic acids is 2. The van der Waals surface area contributed by atoms with E-state index < -0.39 is 17.6 Å². The molecule has 0 saturated heterocycles. The van der Waals surface area contributed by atoms with Crippen molar-refractivity contribution in [3.05, 3.63) is 107 Å². The van der Waals surface area contributed by atoms with Gasteiger partial charge in [0.1, 0.15) is 0 Å². The number of benzene rings is 3. The number of aromatic nitrogens is 2. The predicted molar refractivity (Wildman–Crippen MR) is 110 cm³/mol. The van der Waals surface area contributed by atoms with E-state index in [0.717, 1.165) is 0 Å². The minimum absolute atomic E-state index is 0.257. The topological polar surface area (TPSA) is 79.5 Å². The smallest absolute Gasteiger partial charge is 0.339 e. The fraction of sp³-hybridized carbons (Fsp3) is 0.0870. The molecule has 0 N–H and O–H groups in total. The van der Waals surface area contributed by atoms with Crippen molar-refractivity contribution in [1.29, 1.82) is 0 Å². The first-order valence-electron chi connectivity index (χ1n) is 9.27. The Labute approximate surface area is 171 Å². The third-order valence-corrected chi connectivity index (χ3v) is 4.59. The van der Waals surface area contributed by atoms with Crippen molar-refractivity contribution in [1.82, 2.24) is 9.13 Å². The molecule has 7 heteroatoms. The van der Waals surface area contributed by atoms with Gasteiger partial charge >= 0.3 is 17.6 Å². The van der Waals surface area contributed by atoms with Gasteiger partial charge in [-0.05, 0) is 36.4 Å². The van der Waals surface area contributed by atoms with E-state index in [0.29, 0.717) is 22.2 Å². The molecule has 1 aromatic heterocycles. The van der Waals surface area contributed by atoms with Gasteiger partial charge in [-0.3, -0.25) is 9.13 Å². The van der Waals surface area contributed by atoms with Crippen molar-refractivity contribution in [3.63, 3.8) is 0 Å². The fourth-order valence-corrected chi connectivity index (χ4v) is 3.08. The lowest BCUT2D eigenvalue weighted by molar-refractivity contribution is 0.0349. The second-order valence-electron chi connectivity index (χ2n) is 6.48. The number of hydrogen-bond acceptors (Lipinski definition) is 5. The van der Waals surface area contributed by atoms with E-state index >= 15 is 0 Å². The van der Waals surface area contributed by atoms with Crippen LogP contribution in [0.1, 0.15) is 20.7 Å². The average Bonchev–Trinajstić information content (AvgIpc) is 3.07. The molecule has 3 aromatic carbocycles. The van der Waals surface area contributed by atoms with Crippen LogP contribution in [0.5, 0.6) is 0 Å². The lowest BCUT2D eigenvalue weighted by Crippen LogP contribution is -2.27. The van der Waals surface area contributed by atoms with E-state index in [-0.39, 0.29) is 13.5 Å². The van der Waals surface area contributed by atoms with Gasteiger partial charge < -0.3 is 9.47 Å². The van der Waals surface area contributed by atoms with Crippen LogP contribution in [0.4, 0.5) is 0 Å².